The molecule has 3 heterocycles. The van der Waals surface area contributed by atoms with Gasteiger partial charge in [0.05, 0.1) is 24.5 Å². The fraction of sp³-hybridized carbons (Fsp3) is 0.400. The molecule has 0 aliphatic carbocycles. The van der Waals surface area contributed by atoms with Crippen LogP contribution in [0.15, 0.2) is 30.6 Å². The first-order chi connectivity index (χ1) is 13.8. The lowest BCUT2D eigenvalue weighted by Gasteiger charge is -2.15. The highest BCUT2D eigenvalue weighted by Gasteiger charge is 2.19. The number of anilines is 3. The highest BCUT2D eigenvalue weighted by molar-refractivity contribution is 6.01. The van der Waals surface area contributed by atoms with Crippen LogP contribution >= 0.6 is 0 Å². The lowest BCUT2D eigenvalue weighted by atomic mass is 9.99. The molecule has 3 N–H and O–H groups in total. The second-order valence-electron chi connectivity index (χ2n) is 7.34. The van der Waals surface area contributed by atoms with Gasteiger partial charge in [-0.05, 0) is 38.8 Å². The van der Waals surface area contributed by atoms with Crippen molar-refractivity contribution < 1.29 is 14.6 Å². The average Bonchev–Trinajstić information content (AvgIpc) is 3.10. The monoisotopic (exact) mass is 398 g/mol. The topological polar surface area (TPSA) is 114 Å². The summed E-state index contributed by atoms with van der Waals surface area (Å²) in [4.78, 5) is 21.5. The first-order valence-corrected chi connectivity index (χ1v) is 9.40. The number of ether oxygens (including phenoxy) is 1. The van der Waals surface area contributed by atoms with Gasteiger partial charge >= 0.3 is 0 Å². The summed E-state index contributed by atoms with van der Waals surface area (Å²) in [6, 6.07) is 5.41. The fourth-order valence-electron chi connectivity index (χ4n) is 3.00. The van der Waals surface area contributed by atoms with E-state index < -0.39 is 5.60 Å². The molecule has 0 radical (unpaired) electrons. The van der Waals surface area contributed by atoms with Crippen molar-refractivity contribution in [2.24, 2.45) is 0 Å². The SMILES string of the molecule is CNc1cc(Nc2cccnc2OC)nc2c(C(=O)CCCC(C)(C)O)cnn12. The molecule has 0 saturated carbocycles. The van der Waals surface area contributed by atoms with E-state index in [4.69, 9.17) is 4.74 Å². The molecule has 0 aromatic carbocycles. The van der Waals surface area contributed by atoms with Gasteiger partial charge in [0.1, 0.15) is 17.3 Å². The Morgan fingerprint density at radius 2 is 2.17 bits per heavy atom. The van der Waals surface area contributed by atoms with Crippen molar-refractivity contribution in [2.75, 3.05) is 24.8 Å². The third-order valence-corrected chi connectivity index (χ3v) is 4.45. The maximum Gasteiger partial charge on any atom is 0.237 e. The lowest BCUT2D eigenvalue weighted by Crippen LogP contribution is -2.18. The van der Waals surface area contributed by atoms with Gasteiger partial charge in [0.2, 0.25) is 5.88 Å². The number of nitrogens with zero attached hydrogens (tertiary/aromatic N) is 4. The molecule has 3 aromatic heterocycles. The van der Waals surface area contributed by atoms with Gasteiger partial charge in [-0.25, -0.2) is 9.97 Å². The van der Waals surface area contributed by atoms with E-state index in [2.05, 4.69) is 25.7 Å². The van der Waals surface area contributed by atoms with E-state index in [1.807, 2.05) is 6.07 Å². The summed E-state index contributed by atoms with van der Waals surface area (Å²) in [5.41, 5.74) is 0.764. The maximum atomic E-state index is 12.7. The number of ketones is 1. The number of methoxy groups -OCH3 is 1. The first-order valence-electron chi connectivity index (χ1n) is 9.40. The zero-order valence-electron chi connectivity index (χ0n) is 17.1. The molecule has 0 bridgehead atoms. The Kier molecular flexibility index (Phi) is 5.97. The van der Waals surface area contributed by atoms with Crippen LogP contribution in [0, 0.1) is 0 Å². The molecular weight excluding hydrogens is 372 g/mol. The molecule has 154 valence electrons. The Morgan fingerprint density at radius 3 is 2.86 bits per heavy atom. The molecule has 0 atom stereocenters. The minimum absolute atomic E-state index is 0.0603. The zero-order chi connectivity index (χ0) is 21.0. The largest absolute Gasteiger partial charge is 0.480 e. The van der Waals surface area contributed by atoms with Crippen LogP contribution in [-0.4, -0.2) is 50.2 Å². The fourth-order valence-corrected chi connectivity index (χ4v) is 3.00. The summed E-state index contributed by atoms with van der Waals surface area (Å²) >= 11 is 0. The van der Waals surface area contributed by atoms with E-state index in [9.17, 15) is 9.90 Å². The van der Waals surface area contributed by atoms with Crippen LogP contribution in [0.4, 0.5) is 17.3 Å². The Bertz CT molecular complexity index is 1010. The molecule has 0 aliphatic rings. The lowest BCUT2D eigenvalue weighted by molar-refractivity contribution is 0.0671. The Labute approximate surface area is 169 Å². The normalized spacial score (nSPS) is 11.5. The van der Waals surface area contributed by atoms with E-state index in [1.165, 1.54) is 6.20 Å². The number of aromatic nitrogens is 4. The van der Waals surface area contributed by atoms with Gasteiger partial charge in [-0.3, -0.25) is 4.79 Å². The molecular formula is C20H26N6O3. The molecule has 3 rings (SSSR count). The van der Waals surface area contributed by atoms with Crippen molar-refractivity contribution in [2.45, 2.75) is 38.7 Å². The second kappa shape index (κ2) is 8.44. The van der Waals surface area contributed by atoms with E-state index in [0.717, 1.165) is 0 Å². The van der Waals surface area contributed by atoms with Gasteiger partial charge in [-0.2, -0.15) is 9.61 Å². The van der Waals surface area contributed by atoms with Crippen LogP contribution in [0.2, 0.25) is 0 Å². The van der Waals surface area contributed by atoms with Gasteiger partial charge < -0.3 is 20.5 Å². The van der Waals surface area contributed by atoms with Crippen molar-refractivity contribution in [3.8, 4) is 5.88 Å². The average molecular weight is 398 g/mol. The quantitative estimate of drug-likeness (QED) is 0.471. The number of hydrogen-bond acceptors (Lipinski definition) is 8. The Morgan fingerprint density at radius 1 is 1.38 bits per heavy atom. The molecule has 0 amide bonds. The Balaban J connectivity index is 1.91. The van der Waals surface area contributed by atoms with E-state index in [1.54, 1.807) is 50.8 Å². The second-order valence-corrected chi connectivity index (χ2v) is 7.34. The third-order valence-electron chi connectivity index (χ3n) is 4.45. The summed E-state index contributed by atoms with van der Waals surface area (Å²) in [5.74, 6) is 1.58. The summed E-state index contributed by atoms with van der Waals surface area (Å²) in [6.45, 7) is 3.47. The number of carbonyl (C=O) groups excluding carboxylic acids is 1. The number of fused-ring (bicyclic) bond motifs is 1. The van der Waals surface area contributed by atoms with E-state index >= 15 is 0 Å². The standard InChI is InChI=1S/C20H26N6O3/c1-20(2,28)9-5-8-15(27)13-12-23-26-17(21-3)11-16(25-18(13)26)24-14-7-6-10-22-19(14)29-4/h6-7,10-12,21,28H,5,8-9H2,1-4H3,(H,24,25). The molecule has 0 unspecified atom stereocenters. The summed E-state index contributed by atoms with van der Waals surface area (Å²) in [6.07, 6.45) is 4.62. The number of rotatable bonds is 9. The minimum Gasteiger partial charge on any atom is -0.480 e. The Hall–Kier alpha value is -3.20. The van der Waals surface area contributed by atoms with Crippen LogP contribution in [0.5, 0.6) is 5.88 Å². The van der Waals surface area contributed by atoms with Crippen LogP contribution in [0.3, 0.4) is 0 Å². The summed E-state index contributed by atoms with van der Waals surface area (Å²) in [5, 5.41) is 20.4. The number of carbonyl (C=O) groups is 1. The maximum absolute atomic E-state index is 12.7. The van der Waals surface area contributed by atoms with Crippen molar-refractivity contribution in [3.63, 3.8) is 0 Å². The number of nitrogens with one attached hydrogen (secondary N) is 2. The third kappa shape index (κ3) is 4.80. The first kappa shape index (κ1) is 20.5. The number of aliphatic hydroxyl groups is 1. The van der Waals surface area contributed by atoms with Crippen molar-refractivity contribution in [1.82, 2.24) is 19.6 Å². The summed E-state index contributed by atoms with van der Waals surface area (Å²) < 4.78 is 6.86. The number of hydrogen-bond donors (Lipinski definition) is 3. The molecule has 9 nitrogen and oxygen atoms in total. The van der Waals surface area contributed by atoms with E-state index in [0.29, 0.717) is 53.7 Å². The van der Waals surface area contributed by atoms with Crippen LogP contribution in [0.25, 0.3) is 5.65 Å². The van der Waals surface area contributed by atoms with Crippen LogP contribution < -0.4 is 15.4 Å². The van der Waals surface area contributed by atoms with Crippen molar-refractivity contribution in [1.29, 1.82) is 0 Å². The number of pyridine rings is 1. The van der Waals surface area contributed by atoms with Gasteiger partial charge in [0, 0.05) is 25.7 Å². The smallest absolute Gasteiger partial charge is 0.237 e. The van der Waals surface area contributed by atoms with Gasteiger partial charge in [0.25, 0.3) is 0 Å². The van der Waals surface area contributed by atoms with Crippen molar-refractivity contribution in [3.05, 3.63) is 36.2 Å². The minimum atomic E-state index is -0.793. The molecule has 29 heavy (non-hydrogen) atoms. The van der Waals surface area contributed by atoms with Crippen LogP contribution in [0.1, 0.15) is 43.5 Å². The predicted molar refractivity (Wildman–Crippen MR) is 111 cm³/mol. The van der Waals surface area contributed by atoms with Gasteiger partial charge in [-0.15, -0.1) is 0 Å². The highest BCUT2D eigenvalue weighted by Crippen LogP contribution is 2.27. The molecule has 0 fully saturated rings. The van der Waals surface area contributed by atoms with Crippen LogP contribution in [-0.2, 0) is 0 Å². The molecule has 0 saturated heterocycles. The molecule has 9 heteroatoms. The predicted octanol–water partition coefficient (Wildman–Crippen LogP) is 3.04. The highest BCUT2D eigenvalue weighted by atomic mass is 16.5. The molecule has 0 spiro atoms. The molecule has 0 aliphatic heterocycles. The van der Waals surface area contributed by atoms with Gasteiger partial charge in [0.15, 0.2) is 11.4 Å². The van der Waals surface area contributed by atoms with E-state index in [-0.39, 0.29) is 5.78 Å². The summed E-state index contributed by atoms with van der Waals surface area (Å²) in [7, 11) is 3.32. The molecule has 3 aromatic rings. The van der Waals surface area contributed by atoms with Crippen molar-refractivity contribution >= 4 is 28.8 Å². The zero-order valence-corrected chi connectivity index (χ0v) is 17.1. The van der Waals surface area contributed by atoms with Gasteiger partial charge in [-0.1, -0.05) is 0 Å². The number of Topliss-reactive ketones (excluding diaryl/α,β-unsaturated/α-hetero) is 1.